The monoisotopic (exact) mass is 350 g/mol. The number of aliphatic carboxylic acids is 1. The minimum Gasteiger partial charge on any atom is -0.478 e. The molecule has 1 aliphatic carbocycles. The van der Waals surface area contributed by atoms with E-state index < -0.39 is 11.8 Å². The van der Waals surface area contributed by atoms with Crippen molar-refractivity contribution >= 4 is 47.5 Å². The maximum atomic E-state index is 12.5. The van der Waals surface area contributed by atoms with Crippen LogP contribution in [0.25, 0.3) is 11.6 Å². The molecule has 9 heteroatoms. The molecule has 0 fully saturated rings. The Morgan fingerprint density at radius 1 is 1.35 bits per heavy atom. The highest BCUT2D eigenvalue weighted by Crippen LogP contribution is 2.11. The number of amidine groups is 1. The molecule has 3 N–H and O–H groups in total. The molecule has 1 aromatic carbocycles. The van der Waals surface area contributed by atoms with Crippen LogP contribution in [0.4, 0.5) is 5.82 Å². The summed E-state index contributed by atoms with van der Waals surface area (Å²) < 4.78 is 0. The number of benzene rings is 1. The predicted molar refractivity (Wildman–Crippen MR) is 97.9 cm³/mol. The second-order valence-corrected chi connectivity index (χ2v) is 5.18. The van der Waals surface area contributed by atoms with Crippen molar-refractivity contribution in [3.63, 3.8) is 0 Å². The first-order chi connectivity index (χ1) is 12.6. The van der Waals surface area contributed by atoms with Crippen LogP contribution in [-0.2, 0) is 9.59 Å². The van der Waals surface area contributed by atoms with Gasteiger partial charge in [-0.15, -0.1) is 10.2 Å². The Morgan fingerprint density at radius 3 is 2.81 bits per heavy atom. The first-order valence-corrected chi connectivity index (χ1v) is 7.49. The number of carbonyl (C=O) groups is 2. The summed E-state index contributed by atoms with van der Waals surface area (Å²) in [7, 11) is 1.68. The highest BCUT2D eigenvalue weighted by molar-refractivity contribution is 6.68. The summed E-state index contributed by atoms with van der Waals surface area (Å²) in [5, 5.41) is 21.0. The molecule has 0 aliphatic heterocycles. The van der Waals surface area contributed by atoms with Crippen LogP contribution in [0.1, 0.15) is 5.69 Å². The molecule has 26 heavy (non-hydrogen) atoms. The van der Waals surface area contributed by atoms with Gasteiger partial charge in [-0.3, -0.25) is 4.79 Å². The van der Waals surface area contributed by atoms with E-state index in [1.165, 1.54) is 12.4 Å². The zero-order valence-electron chi connectivity index (χ0n) is 13.7. The average Bonchev–Trinajstić information content (AvgIpc) is 3.10. The molecule has 1 heterocycles. The van der Waals surface area contributed by atoms with Gasteiger partial charge in [-0.05, 0) is 18.0 Å². The number of carboxylic acids is 1. The number of ketones is 1. The number of H-pyrrole nitrogens is 1. The Labute approximate surface area is 147 Å². The maximum Gasteiger partial charge on any atom is 0.340 e. The lowest BCUT2D eigenvalue weighted by molar-refractivity contribution is -0.131. The van der Waals surface area contributed by atoms with Gasteiger partial charge in [0.2, 0.25) is 11.6 Å². The molecular formula is C17H14N6O3. The molecule has 1 aromatic heterocycles. The lowest BCUT2D eigenvalue weighted by atomic mass is 9.97. The van der Waals surface area contributed by atoms with E-state index in [2.05, 4.69) is 37.2 Å². The number of hydrogen-bond acceptors (Lipinski definition) is 6. The molecule has 0 spiro atoms. The number of nitrogens with zero attached hydrogens (tertiary/aromatic N) is 4. The summed E-state index contributed by atoms with van der Waals surface area (Å²) in [6.45, 7) is 3.43. The summed E-state index contributed by atoms with van der Waals surface area (Å²) in [6.07, 6.45) is 2.93. The van der Waals surface area contributed by atoms with Gasteiger partial charge in [-0.1, -0.05) is 24.3 Å². The van der Waals surface area contributed by atoms with Crippen LogP contribution >= 0.6 is 0 Å². The Balaban J connectivity index is 2.13. The van der Waals surface area contributed by atoms with Crippen LogP contribution in [0.3, 0.4) is 0 Å². The normalized spacial score (nSPS) is 15.4. The quantitative estimate of drug-likeness (QED) is 0.390. The van der Waals surface area contributed by atoms with Crippen molar-refractivity contribution in [3.05, 3.63) is 46.7 Å². The molecule has 130 valence electrons. The van der Waals surface area contributed by atoms with E-state index in [1.807, 2.05) is 0 Å². The van der Waals surface area contributed by atoms with Crippen molar-refractivity contribution in [1.29, 1.82) is 0 Å². The standard InChI is InChI=1S/C17H14N6O3/c1-18-15-13(20-8-21-15)16(19-2)23-22-11-7-9-5-3-4-6-10(9)12(14(11)24)17(25)26/h3-8,18H,2H2,1H3,(H,20,21)(H,25,26). The van der Waals surface area contributed by atoms with Gasteiger partial charge in [0.25, 0.3) is 0 Å². The first-order valence-electron chi connectivity index (χ1n) is 7.49. The Bertz CT molecular complexity index is 1090. The summed E-state index contributed by atoms with van der Waals surface area (Å²) in [6, 6.07) is 6.69. The lowest BCUT2D eigenvalue weighted by Crippen LogP contribution is -2.39. The van der Waals surface area contributed by atoms with Crippen LogP contribution in [0.2, 0.25) is 0 Å². The van der Waals surface area contributed by atoms with Crippen molar-refractivity contribution in [2.75, 3.05) is 12.4 Å². The number of anilines is 1. The number of Topliss-reactive ketones (excluding diaryl/α,β-unsaturated/α-hetero) is 1. The molecule has 0 amide bonds. The topological polar surface area (TPSA) is 132 Å². The van der Waals surface area contributed by atoms with Crippen molar-refractivity contribution in [3.8, 4) is 0 Å². The molecule has 3 rings (SSSR count). The summed E-state index contributed by atoms with van der Waals surface area (Å²) in [4.78, 5) is 34.7. The SMILES string of the molecule is C=NC(=NN=C1C=c2ccccc2=C(C(=O)O)C1=O)c1[nH]cnc1NC. The molecule has 0 unspecified atom stereocenters. The molecular weight excluding hydrogens is 336 g/mol. The molecule has 0 atom stereocenters. The molecule has 0 bridgehead atoms. The van der Waals surface area contributed by atoms with Gasteiger partial charge < -0.3 is 15.4 Å². The number of nitrogens with one attached hydrogen (secondary N) is 2. The van der Waals surface area contributed by atoms with Gasteiger partial charge in [0, 0.05) is 12.3 Å². The average molecular weight is 350 g/mol. The molecule has 0 saturated carbocycles. The second-order valence-electron chi connectivity index (χ2n) is 5.18. The number of carbonyl (C=O) groups excluding carboxylic acids is 1. The summed E-state index contributed by atoms with van der Waals surface area (Å²) in [5.41, 5.74) is -0.00617. The summed E-state index contributed by atoms with van der Waals surface area (Å²) >= 11 is 0. The number of rotatable bonds is 4. The predicted octanol–water partition coefficient (Wildman–Crippen LogP) is -0.447. The minimum atomic E-state index is -1.32. The van der Waals surface area contributed by atoms with Gasteiger partial charge in [-0.2, -0.15) is 0 Å². The molecule has 0 saturated heterocycles. The number of aromatic amines is 1. The Kier molecular flexibility index (Phi) is 4.52. The van der Waals surface area contributed by atoms with Crippen LogP contribution in [0, 0.1) is 0 Å². The van der Waals surface area contributed by atoms with Crippen molar-refractivity contribution in [1.82, 2.24) is 9.97 Å². The van der Waals surface area contributed by atoms with E-state index in [0.29, 0.717) is 21.9 Å². The summed E-state index contributed by atoms with van der Waals surface area (Å²) in [5.74, 6) is -1.45. The van der Waals surface area contributed by atoms with E-state index in [9.17, 15) is 14.7 Å². The number of imidazole rings is 1. The van der Waals surface area contributed by atoms with Crippen molar-refractivity contribution < 1.29 is 14.7 Å². The zero-order valence-corrected chi connectivity index (χ0v) is 13.7. The van der Waals surface area contributed by atoms with Gasteiger partial charge in [0.05, 0.1) is 6.33 Å². The van der Waals surface area contributed by atoms with Crippen LogP contribution in [0.5, 0.6) is 0 Å². The first kappa shape index (κ1) is 17.0. The molecule has 1 aliphatic rings. The maximum absolute atomic E-state index is 12.5. The number of fused-ring (bicyclic) bond motifs is 1. The van der Waals surface area contributed by atoms with Gasteiger partial charge in [0.1, 0.15) is 17.0 Å². The minimum absolute atomic E-state index is 0.104. The number of aliphatic imine (C=N–C) groups is 1. The third-order valence-corrected chi connectivity index (χ3v) is 3.70. The molecule has 0 radical (unpaired) electrons. The van der Waals surface area contributed by atoms with E-state index >= 15 is 0 Å². The third-order valence-electron chi connectivity index (χ3n) is 3.70. The highest BCUT2D eigenvalue weighted by atomic mass is 16.4. The largest absolute Gasteiger partial charge is 0.478 e. The van der Waals surface area contributed by atoms with Crippen LogP contribution in [0.15, 0.2) is 45.8 Å². The smallest absolute Gasteiger partial charge is 0.340 e. The van der Waals surface area contributed by atoms with Crippen LogP contribution in [-0.4, -0.2) is 52.1 Å². The van der Waals surface area contributed by atoms with E-state index in [1.54, 1.807) is 31.3 Å². The third kappa shape index (κ3) is 2.93. The van der Waals surface area contributed by atoms with Gasteiger partial charge in [-0.25, -0.2) is 14.8 Å². The molecule has 9 nitrogen and oxygen atoms in total. The van der Waals surface area contributed by atoms with Gasteiger partial charge in [0.15, 0.2) is 5.82 Å². The van der Waals surface area contributed by atoms with Crippen molar-refractivity contribution in [2.24, 2.45) is 15.2 Å². The van der Waals surface area contributed by atoms with Crippen molar-refractivity contribution in [2.45, 2.75) is 0 Å². The lowest BCUT2D eigenvalue weighted by Gasteiger charge is -2.07. The fourth-order valence-corrected chi connectivity index (χ4v) is 2.52. The second kappa shape index (κ2) is 6.93. The molecule has 2 aromatic rings. The Morgan fingerprint density at radius 2 is 2.12 bits per heavy atom. The number of carboxylic acid groups (broad SMARTS) is 1. The van der Waals surface area contributed by atoms with E-state index in [-0.39, 0.29) is 17.1 Å². The van der Waals surface area contributed by atoms with E-state index in [4.69, 9.17) is 0 Å². The number of hydrogen-bond donors (Lipinski definition) is 3. The number of aromatic nitrogens is 2. The van der Waals surface area contributed by atoms with Crippen LogP contribution < -0.4 is 15.8 Å². The van der Waals surface area contributed by atoms with E-state index in [0.717, 1.165) is 0 Å². The fraction of sp³-hybridized carbons (Fsp3) is 0.0588. The Hall–Kier alpha value is -3.88. The highest BCUT2D eigenvalue weighted by Gasteiger charge is 2.25. The fourth-order valence-electron chi connectivity index (χ4n) is 2.52. The zero-order chi connectivity index (χ0) is 18.7. The van der Waals surface area contributed by atoms with Gasteiger partial charge >= 0.3 is 5.97 Å².